The fourth-order valence-corrected chi connectivity index (χ4v) is 2.22. The summed E-state index contributed by atoms with van der Waals surface area (Å²) in [5.41, 5.74) is 6.94. The Labute approximate surface area is 147 Å². The number of nitrogens with one attached hydrogen (secondary N) is 2. The first kappa shape index (κ1) is 18.1. The van der Waals surface area contributed by atoms with Gasteiger partial charge < -0.3 is 21.1 Å². The van der Waals surface area contributed by atoms with Gasteiger partial charge in [-0.3, -0.25) is 0 Å². The smallest absolute Gasteiger partial charge is 0.319 e. The van der Waals surface area contributed by atoms with Crippen LogP contribution in [0.4, 0.5) is 16.2 Å². The summed E-state index contributed by atoms with van der Waals surface area (Å²) < 4.78 is 5.70. The second-order valence-electron chi connectivity index (χ2n) is 5.51. The highest BCUT2D eigenvalue weighted by Crippen LogP contribution is 2.27. The van der Waals surface area contributed by atoms with Gasteiger partial charge in [-0.1, -0.05) is 24.6 Å². The van der Waals surface area contributed by atoms with Crippen LogP contribution in [0.15, 0.2) is 48.5 Å². The van der Waals surface area contributed by atoms with Crippen molar-refractivity contribution < 1.29 is 9.53 Å². The number of amides is 2. The van der Waals surface area contributed by atoms with E-state index in [-0.39, 0.29) is 6.03 Å². The summed E-state index contributed by atoms with van der Waals surface area (Å²) in [6.07, 6.45) is 3.17. The number of ether oxygens (including phenoxy) is 1. The summed E-state index contributed by atoms with van der Waals surface area (Å²) in [5.74, 6) is 1.32. The van der Waals surface area contributed by atoms with E-state index in [0.29, 0.717) is 30.1 Å². The van der Waals surface area contributed by atoms with Crippen LogP contribution in [0, 0.1) is 11.3 Å². The molecule has 0 aliphatic rings. The minimum absolute atomic E-state index is 0.302. The van der Waals surface area contributed by atoms with E-state index in [4.69, 9.17) is 15.7 Å². The molecule has 0 spiro atoms. The summed E-state index contributed by atoms with van der Waals surface area (Å²) in [5, 5.41) is 13.9. The van der Waals surface area contributed by atoms with Crippen LogP contribution in [0.5, 0.6) is 11.5 Å². The number of urea groups is 1. The number of nitrogen functional groups attached to an aromatic ring is 1. The van der Waals surface area contributed by atoms with Crippen LogP contribution in [0.25, 0.3) is 0 Å². The third kappa shape index (κ3) is 6.43. The van der Waals surface area contributed by atoms with Crippen LogP contribution in [-0.2, 0) is 0 Å². The van der Waals surface area contributed by atoms with Crippen LogP contribution < -0.4 is 21.1 Å². The number of unbranched alkanes of at least 4 members (excludes halogenated alkanes) is 3. The first-order valence-electron chi connectivity index (χ1n) is 8.23. The van der Waals surface area contributed by atoms with Gasteiger partial charge in [-0.15, -0.1) is 0 Å². The molecule has 2 rings (SSSR count). The average Bonchev–Trinajstić information content (AvgIpc) is 2.61. The molecular weight excluding hydrogens is 316 g/mol. The van der Waals surface area contributed by atoms with Crippen molar-refractivity contribution in [2.75, 3.05) is 17.6 Å². The lowest BCUT2D eigenvalue weighted by Crippen LogP contribution is -2.29. The second-order valence-corrected chi connectivity index (χ2v) is 5.51. The van der Waals surface area contributed by atoms with E-state index in [2.05, 4.69) is 16.7 Å². The Kier molecular flexibility index (Phi) is 7.13. The van der Waals surface area contributed by atoms with E-state index < -0.39 is 0 Å². The first-order valence-corrected chi connectivity index (χ1v) is 8.23. The Morgan fingerprint density at radius 3 is 2.60 bits per heavy atom. The molecule has 0 aromatic heterocycles. The van der Waals surface area contributed by atoms with E-state index in [1.54, 1.807) is 18.2 Å². The van der Waals surface area contributed by atoms with Crippen LogP contribution in [-0.4, -0.2) is 12.6 Å². The highest BCUT2D eigenvalue weighted by Gasteiger charge is 2.06. The molecule has 0 saturated heterocycles. The number of para-hydroxylation sites is 1. The van der Waals surface area contributed by atoms with Gasteiger partial charge in [0.1, 0.15) is 11.5 Å². The Bertz CT molecular complexity index is 726. The number of hydrogen-bond acceptors (Lipinski definition) is 4. The monoisotopic (exact) mass is 338 g/mol. The Morgan fingerprint density at radius 2 is 1.88 bits per heavy atom. The molecule has 6 nitrogen and oxygen atoms in total. The van der Waals surface area contributed by atoms with Crippen molar-refractivity contribution in [2.24, 2.45) is 0 Å². The molecule has 0 aliphatic carbocycles. The summed E-state index contributed by atoms with van der Waals surface area (Å²) in [7, 11) is 0. The first-order chi connectivity index (χ1) is 12.2. The fraction of sp³-hybridized carbons (Fsp3) is 0.263. The number of nitriles is 1. The van der Waals surface area contributed by atoms with Crippen molar-refractivity contribution in [1.82, 2.24) is 5.32 Å². The van der Waals surface area contributed by atoms with Gasteiger partial charge in [-0.25, -0.2) is 4.79 Å². The van der Waals surface area contributed by atoms with Crippen molar-refractivity contribution >= 4 is 17.4 Å². The summed E-state index contributed by atoms with van der Waals surface area (Å²) in [6.45, 7) is 0.562. The van der Waals surface area contributed by atoms with Crippen molar-refractivity contribution in [3.63, 3.8) is 0 Å². The number of hydrogen-bond donors (Lipinski definition) is 3. The maximum atomic E-state index is 11.9. The molecular formula is C19H22N4O2. The maximum absolute atomic E-state index is 11.9. The number of nitrogens with zero attached hydrogens (tertiary/aromatic N) is 1. The van der Waals surface area contributed by atoms with Gasteiger partial charge >= 0.3 is 6.03 Å². The minimum atomic E-state index is -0.302. The molecule has 0 bridgehead atoms. The SMILES string of the molecule is N#CCCCCCNC(=O)Nc1ccc(Oc2ccccc2)cc1N. The van der Waals surface area contributed by atoms with Crippen molar-refractivity contribution in [3.8, 4) is 17.6 Å². The van der Waals surface area contributed by atoms with E-state index in [0.717, 1.165) is 25.0 Å². The predicted molar refractivity (Wildman–Crippen MR) is 98.5 cm³/mol. The van der Waals surface area contributed by atoms with E-state index in [1.807, 2.05) is 30.3 Å². The molecule has 0 radical (unpaired) electrons. The van der Waals surface area contributed by atoms with Gasteiger partial charge in [0.25, 0.3) is 0 Å². The van der Waals surface area contributed by atoms with Crippen LogP contribution in [0.3, 0.4) is 0 Å². The quantitative estimate of drug-likeness (QED) is 0.494. The molecule has 25 heavy (non-hydrogen) atoms. The Morgan fingerprint density at radius 1 is 1.08 bits per heavy atom. The molecule has 4 N–H and O–H groups in total. The highest BCUT2D eigenvalue weighted by atomic mass is 16.5. The largest absolute Gasteiger partial charge is 0.457 e. The lowest BCUT2D eigenvalue weighted by molar-refractivity contribution is 0.252. The molecule has 130 valence electrons. The van der Waals surface area contributed by atoms with Crippen molar-refractivity contribution in [2.45, 2.75) is 25.7 Å². The minimum Gasteiger partial charge on any atom is -0.457 e. The fourth-order valence-electron chi connectivity index (χ4n) is 2.22. The average molecular weight is 338 g/mol. The molecule has 0 saturated carbocycles. The number of carbonyl (C=O) groups excluding carboxylic acids is 1. The topological polar surface area (TPSA) is 100 Å². The zero-order valence-electron chi connectivity index (χ0n) is 14.0. The second kappa shape index (κ2) is 9.83. The number of rotatable bonds is 8. The van der Waals surface area contributed by atoms with Gasteiger partial charge in [-0.2, -0.15) is 5.26 Å². The van der Waals surface area contributed by atoms with Gasteiger partial charge in [0, 0.05) is 19.0 Å². The van der Waals surface area contributed by atoms with Crippen molar-refractivity contribution in [1.29, 1.82) is 5.26 Å². The maximum Gasteiger partial charge on any atom is 0.319 e. The Hall–Kier alpha value is -3.20. The predicted octanol–water partition coefficient (Wildman–Crippen LogP) is 4.27. The molecule has 0 heterocycles. The highest BCUT2D eigenvalue weighted by molar-refractivity contribution is 5.92. The third-order valence-electron chi connectivity index (χ3n) is 3.50. The van der Waals surface area contributed by atoms with Gasteiger partial charge in [0.15, 0.2) is 0 Å². The lowest BCUT2D eigenvalue weighted by atomic mass is 10.2. The van der Waals surface area contributed by atoms with E-state index >= 15 is 0 Å². The zero-order chi connectivity index (χ0) is 17.9. The molecule has 0 unspecified atom stereocenters. The summed E-state index contributed by atoms with van der Waals surface area (Å²) >= 11 is 0. The van der Waals surface area contributed by atoms with E-state index in [9.17, 15) is 4.79 Å². The van der Waals surface area contributed by atoms with Gasteiger partial charge in [0.2, 0.25) is 0 Å². The normalized spacial score (nSPS) is 9.88. The summed E-state index contributed by atoms with van der Waals surface area (Å²) in [4.78, 5) is 11.9. The van der Waals surface area contributed by atoms with Crippen LogP contribution in [0.2, 0.25) is 0 Å². The molecule has 6 heteroatoms. The number of anilines is 2. The Balaban J connectivity index is 1.80. The molecule has 0 atom stereocenters. The number of carbonyl (C=O) groups is 1. The molecule has 0 fully saturated rings. The van der Waals surface area contributed by atoms with Crippen LogP contribution in [0.1, 0.15) is 25.7 Å². The molecule has 0 aliphatic heterocycles. The number of nitrogens with two attached hydrogens (primary N) is 1. The van der Waals surface area contributed by atoms with Crippen molar-refractivity contribution in [3.05, 3.63) is 48.5 Å². The zero-order valence-corrected chi connectivity index (χ0v) is 14.0. The molecule has 2 amide bonds. The van der Waals surface area contributed by atoms with Gasteiger partial charge in [0.05, 0.1) is 17.4 Å². The molecule has 2 aromatic rings. The number of benzene rings is 2. The lowest BCUT2D eigenvalue weighted by Gasteiger charge is -2.11. The van der Waals surface area contributed by atoms with Crippen LogP contribution >= 0.6 is 0 Å². The van der Waals surface area contributed by atoms with Gasteiger partial charge in [-0.05, 0) is 37.1 Å². The summed E-state index contributed by atoms with van der Waals surface area (Å²) in [6, 6.07) is 16.3. The standard InChI is InChI=1S/C19H22N4O2/c20-12-6-1-2-7-13-22-19(24)23-18-11-10-16(14-17(18)21)25-15-8-4-3-5-9-15/h3-5,8-11,14H,1-2,6-7,13,21H2,(H2,22,23,24). The van der Waals surface area contributed by atoms with E-state index in [1.165, 1.54) is 0 Å². The third-order valence-corrected chi connectivity index (χ3v) is 3.50. The molecule has 2 aromatic carbocycles.